The van der Waals surface area contributed by atoms with Crippen molar-refractivity contribution >= 4 is 17.5 Å². The Bertz CT molecular complexity index is 686. The van der Waals surface area contributed by atoms with Crippen LogP contribution in [0.1, 0.15) is 5.56 Å². The zero-order valence-corrected chi connectivity index (χ0v) is 12.6. The summed E-state index contributed by atoms with van der Waals surface area (Å²) in [5, 5.41) is 5.18. The van der Waals surface area contributed by atoms with Crippen molar-refractivity contribution in [1.82, 2.24) is 5.32 Å². The fourth-order valence-electron chi connectivity index (χ4n) is 1.88. The average Bonchev–Trinajstić information content (AvgIpc) is 2.56. The van der Waals surface area contributed by atoms with Crippen molar-refractivity contribution in [2.24, 2.45) is 0 Å². The molecule has 2 N–H and O–H groups in total. The van der Waals surface area contributed by atoms with E-state index in [2.05, 4.69) is 10.6 Å². The highest BCUT2D eigenvalue weighted by atomic mass is 19.1. The van der Waals surface area contributed by atoms with E-state index in [1.54, 1.807) is 43.4 Å². The number of carbonyl (C=O) groups is 2. The molecule has 0 aliphatic heterocycles. The molecule has 2 amide bonds. The Hall–Kier alpha value is -2.89. The lowest BCUT2D eigenvalue weighted by Crippen LogP contribution is -2.21. The molecule has 5 nitrogen and oxygen atoms in total. The number of halogens is 1. The number of anilines is 1. The second-order valence-corrected chi connectivity index (χ2v) is 4.81. The van der Waals surface area contributed by atoms with Gasteiger partial charge in [0, 0.05) is 12.7 Å². The molecular weight excluding hydrogens is 299 g/mol. The summed E-state index contributed by atoms with van der Waals surface area (Å²) in [4.78, 5) is 23.0. The highest BCUT2D eigenvalue weighted by Gasteiger charge is 2.07. The number of likely N-dealkylation sites (N-methyl/N-ethyl adjacent to an activating group) is 1. The third-order valence-corrected chi connectivity index (χ3v) is 3.08. The molecular formula is C17H17FN2O3. The Labute approximate surface area is 133 Å². The van der Waals surface area contributed by atoms with Gasteiger partial charge in [-0.25, -0.2) is 4.39 Å². The SMILES string of the molecule is CNC(=O)Cc1ccc(NC(=O)COc2ccccc2F)cc1. The molecule has 2 aromatic rings. The highest BCUT2D eigenvalue weighted by molar-refractivity contribution is 5.91. The fourth-order valence-corrected chi connectivity index (χ4v) is 1.88. The molecule has 6 heteroatoms. The first-order valence-corrected chi connectivity index (χ1v) is 7.05. The molecule has 0 saturated heterocycles. The maximum absolute atomic E-state index is 13.4. The summed E-state index contributed by atoms with van der Waals surface area (Å²) in [6.07, 6.45) is 0.279. The summed E-state index contributed by atoms with van der Waals surface area (Å²) in [7, 11) is 1.58. The number of para-hydroxylation sites is 1. The summed E-state index contributed by atoms with van der Waals surface area (Å²) in [6.45, 7) is -0.291. The molecule has 0 atom stereocenters. The molecule has 0 spiro atoms. The smallest absolute Gasteiger partial charge is 0.262 e. The largest absolute Gasteiger partial charge is 0.481 e. The molecule has 0 radical (unpaired) electrons. The highest BCUT2D eigenvalue weighted by Crippen LogP contribution is 2.15. The van der Waals surface area contributed by atoms with Crippen molar-refractivity contribution in [2.45, 2.75) is 6.42 Å². The Morgan fingerprint density at radius 1 is 1.04 bits per heavy atom. The number of hydrogen-bond donors (Lipinski definition) is 2. The maximum atomic E-state index is 13.4. The van der Waals surface area contributed by atoms with Crippen molar-refractivity contribution < 1.29 is 18.7 Å². The summed E-state index contributed by atoms with van der Waals surface area (Å²) in [5.74, 6) is -0.963. The molecule has 0 saturated carbocycles. The monoisotopic (exact) mass is 316 g/mol. The van der Waals surface area contributed by atoms with Crippen LogP contribution < -0.4 is 15.4 Å². The molecule has 23 heavy (non-hydrogen) atoms. The van der Waals surface area contributed by atoms with Crippen LogP contribution in [0.25, 0.3) is 0 Å². The zero-order valence-electron chi connectivity index (χ0n) is 12.6. The van der Waals surface area contributed by atoms with E-state index in [4.69, 9.17) is 4.74 Å². The summed E-state index contributed by atoms with van der Waals surface area (Å²) in [6, 6.07) is 12.8. The first-order valence-electron chi connectivity index (χ1n) is 7.05. The van der Waals surface area contributed by atoms with E-state index in [9.17, 15) is 14.0 Å². The first-order chi connectivity index (χ1) is 11.1. The van der Waals surface area contributed by atoms with Crippen molar-refractivity contribution in [1.29, 1.82) is 0 Å². The van der Waals surface area contributed by atoms with Gasteiger partial charge in [-0.3, -0.25) is 9.59 Å². The van der Waals surface area contributed by atoms with E-state index in [-0.39, 0.29) is 24.7 Å². The number of hydrogen-bond acceptors (Lipinski definition) is 3. The first kappa shape index (κ1) is 16.5. The predicted molar refractivity (Wildman–Crippen MR) is 84.7 cm³/mol. The van der Waals surface area contributed by atoms with E-state index in [0.717, 1.165) is 5.56 Å². The van der Waals surface area contributed by atoms with Crippen molar-refractivity contribution in [3.8, 4) is 5.75 Å². The lowest BCUT2D eigenvalue weighted by molar-refractivity contribution is -0.120. The van der Waals surface area contributed by atoms with Gasteiger partial charge in [-0.1, -0.05) is 24.3 Å². The van der Waals surface area contributed by atoms with Crippen LogP contribution in [0.3, 0.4) is 0 Å². The van der Waals surface area contributed by atoms with Crippen LogP contribution in [0.5, 0.6) is 5.75 Å². The lowest BCUT2D eigenvalue weighted by Gasteiger charge is -2.08. The van der Waals surface area contributed by atoms with Crippen LogP contribution in [0, 0.1) is 5.82 Å². The van der Waals surface area contributed by atoms with Gasteiger partial charge in [0.15, 0.2) is 18.2 Å². The number of rotatable bonds is 6. The Balaban J connectivity index is 1.85. The molecule has 0 aromatic heterocycles. The van der Waals surface area contributed by atoms with E-state index in [1.807, 2.05) is 0 Å². The van der Waals surface area contributed by atoms with Gasteiger partial charge in [0.2, 0.25) is 5.91 Å². The van der Waals surface area contributed by atoms with Gasteiger partial charge in [-0.2, -0.15) is 0 Å². The van der Waals surface area contributed by atoms with Crippen LogP contribution in [-0.2, 0) is 16.0 Å². The van der Waals surface area contributed by atoms with Gasteiger partial charge < -0.3 is 15.4 Å². The summed E-state index contributed by atoms with van der Waals surface area (Å²) < 4.78 is 18.5. The number of carbonyl (C=O) groups excluding carboxylic acids is 2. The number of benzene rings is 2. The van der Waals surface area contributed by atoms with Crippen LogP contribution in [0.15, 0.2) is 48.5 Å². The molecule has 0 fully saturated rings. The van der Waals surface area contributed by atoms with E-state index in [0.29, 0.717) is 5.69 Å². The number of ether oxygens (including phenoxy) is 1. The van der Waals surface area contributed by atoms with Gasteiger partial charge >= 0.3 is 0 Å². The number of nitrogens with one attached hydrogen (secondary N) is 2. The third kappa shape index (κ3) is 5.10. The molecule has 120 valence electrons. The van der Waals surface area contributed by atoms with Crippen LogP contribution >= 0.6 is 0 Å². The van der Waals surface area contributed by atoms with Crippen molar-refractivity contribution in [3.63, 3.8) is 0 Å². The minimum Gasteiger partial charge on any atom is -0.481 e. The van der Waals surface area contributed by atoms with Gasteiger partial charge in [-0.05, 0) is 29.8 Å². The van der Waals surface area contributed by atoms with Gasteiger partial charge in [0.05, 0.1) is 6.42 Å². The number of amides is 2. The topological polar surface area (TPSA) is 67.4 Å². The maximum Gasteiger partial charge on any atom is 0.262 e. The predicted octanol–water partition coefficient (Wildman–Crippen LogP) is 2.13. The van der Waals surface area contributed by atoms with E-state index < -0.39 is 11.7 Å². The van der Waals surface area contributed by atoms with Crippen LogP contribution in [-0.4, -0.2) is 25.5 Å². The second-order valence-electron chi connectivity index (χ2n) is 4.81. The molecule has 2 aromatic carbocycles. The fraction of sp³-hybridized carbons (Fsp3) is 0.176. The van der Waals surface area contributed by atoms with Gasteiger partial charge in [-0.15, -0.1) is 0 Å². The molecule has 0 heterocycles. The van der Waals surface area contributed by atoms with Crippen molar-refractivity contribution in [2.75, 3.05) is 19.0 Å². The minimum absolute atomic E-state index is 0.0311. The second kappa shape index (κ2) is 7.93. The molecule has 0 aliphatic rings. The normalized spacial score (nSPS) is 10.0. The van der Waals surface area contributed by atoms with Crippen LogP contribution in [0.2, 0.25) is 0 Å². The van der Waals surface area contributed by atoms with E-state index >= 15 is 0 Å². The molecule has 0 bridgehead atoms. The molecule has 0 unspecified atom stereocenters. The summed E-state index contributed by atoms with van der Waals surface area (Å²) >= 11 is 0. The van der Waals surface area contributed by atoms with Crippen LogP contribution in [0.4, 0.5) is 10.1 Å². The Kier molecular flexibility index (Phi) is 5.68. The average molecular weight is 316 g/mol. The Morgan fingerprint density at radius 3 is 2.39 bits per heavy atom. The van der Waals surface area contributed by atoms with Gasteiger partial charge in [0.1, 0.15) is 0 Å². The zero-order chi connectivity index (χ0) is 16.7. The standard InChI is InChI=1S/C17H17FN2O3/c1-19-16(21)10-12-6-8-13(9-7-12)20-17(22)11-23-15-5-3-2-4-14(15)18/h2-9H,10-11H2,1H3,(H,19,21)(H,20,22). The van der Waals surface area contributed by atoms with E-state index in [1.165, 1.54) is 12.1 Å². The third-order valence-electron chi connectivity index (χ3n) is 3.08. The Morgan fingerprint density at radius 2 is 1.74 bits per heavy atom. The van der Waals surface area contributed by atoms with Gasteiger partial charge in [0.25, 0.3) is 5.91 Å². The lowest BCUT2D eigenvalue weighted by atomic mass is 10.1. The molecule has 0 aliphatic carbocycles. The summed E-state index contributed by atoms with van der Waals surface area (Å²) in [5.41, 5.74) is 1.41. The van der Waals surface area contributed by atoms with Crippen molar-refractivity contribution in [3.05, 3.63) is 59.9 Å². The minimum atomic E-state index is -0.515. The quantitative estimate of drug-likeness (QED) is 0.858. The molecule has 2 rings (SSSR count).